The molecule has 0 amide bonds. The minimum absolute atomic E-state index is 0.249. The summed E-state index contributed by atoms with van der Waals surface area (Å²) in [5, 5.41) is 11.3. The Labute approximate surface area is 98.8 Å². The zero-order valence-corrected chi connectivity index (χ0v) is 9.80. The molecule has 0 bridgehead atoms. The van der Waals surface area contributed by atoms with Crippen LogP contribution in [0, 0.1) is 0 Å². The molecule has 2 aromatic rings. The summed E-state index contributed by atoms with van der Waals surface area (Å²) < 4.78 is 1.66. The van der Waals surface area contributed by atoms with Gasteiger partial charge in [-0.05, 0) is 30.7 Å². The highest BCUT2D eigenvalue weighted by Gasteiger charge is 2.15. The normalized spacial score (nSPS) is 11.1. The number of nitrogens with two attached hydrogens (primary N) is 1. The Hall–Kier alpha value is -0.780. The Morgan fingerprint density at radius 2 is 2.13 bits per heavy atom. The van der Waals surface area contributed by atoms with Crippen molar-refractivity contribution >= 4 is 36.3 Å². The van der Waals surface area contributed by atoms with Gasteiger partial charge in [0.15, 0.2) is 0 Å². The van der Waals surface area contributed by atoms with Crippen LogP contribution in [0.3, 0.4) is 0 Å². The van der Waals surface area contributed by atoms with Gasteiger partial charge < -0.3 is 10.8 Å². The molecule has 0 spiro atoms. The van der Waals surface area contributed by atoms with Crippen LogP contribution in [0.1, 0.15) is 5.56 Å². The molecule has 0 aliphatic rings. The Morgan fingerprint density at radius 1 is 1.40 bits per heavy atom. The topological polar surface area (TPSA) is 51.2 Å². The molecule has 1 aromatic heterocycles. The Bertz CT molecular complexity index is 508. The SMILES string of the molecule is NCCc1c(S)n(S)c2cccc(O)c12. The van der Waals surface area contributed by atoms with Crippen molar-refractivity contribution in [3.63, 3.8) is 0 Å². The van der Waals surface area contributed by atoms with Crippen molar-refractivity contribution in [3.05, 3.63) is 23.8 Å². The van der Waals surface area contributed by atoms with Gasteiger partial charge in [-0.1, -0.05) is 18.9 Å². The summed E-state index contributed by atoms with van der Waals surface area (Å²) in [6, 6.07) is 5.33. The number of rotatable bonds is 2. The Kier molecular flexibility index (Phi) is 2.86. The van der Waals surface area contributed by atoms with Crippen molar-refractivity contribution in [2.45, 2.75) is 11.4 Å². The van der Waals surface area contributed by atoms with Crippen LogP contribution in [-0.4, -0.2) is 15.6 Å². The lowest BCUT2D eigenvalue weighted by molar-refractivity contribution is 0.481. The van der Waals surface area contributed by atoms with E-state index in [9.17, 15) is 5.11 Å². The molecule has 15 heavy (non-hydrogen) atoms. The highest BCUT2D eigenvalue weighted by atomic mass is 32.1. The van der Waals surface area contributed by atoms with Gasteiger partial charge in [0.25, 0.3) is 0 Å². The maximum atomic E-state index is 9.79. The van der Waals surface area contributed by atoms with E-state index in [1.54, 1.807) is 16.1 Å². The number of phenols is 1. The lowest BCUT2D eigenvalue weighted by Gasteiger charge is -1.99. The van der Waals surface area contributed by atoms with Gasteiger partial charge in [0.2, 0.25) is 0 Å². The number of nitrogens with zero attached hydrogens (tertiary/aromatic N) is 1. The first-order valence-corrected chi connectivity index (χ1v) is 5.45. The number of phenolic OH excluding ortho intramolecular Hbond substituents is 1. The third-order valence-electron chi connectivity index (χ3n) is 2.42. The van der Waals surface area contributed by atoms with Crippen molar-refractivity contribution in [2.24, 2.45) is 5.73 Å². The standard InChI is InChI=1S/C10H12N2OS2/c11-5-4-6-9-7(12(15)10(6)14)2-1-3-8(9)13/h1-3,13-15H,4-5,11H2. The largest absolute Gasteiger partial charge is 0.507 e. The first-order chi connectivity index (χ1) is 7.16. The third-order valence-corrected chi connectivity index (χ3v) is 3.46. The lowest BCUT2D eigenvalue weighted by Crippen LogP contribution is -2.02. The van der Waals surface area contributed by atoms with Gasteiger partial charge in [0.1, 0.15) is 5.75 Å². The van der Waals surface area contributed by atoms with E-state index in [-0.39, 0.29) is 5.75 Å². The maximum absolute atomic E-state index is 9.79. The van der Waals surface area contributed by atoms with Gasteiger partial charge in [-0.3, -0.25) is 3.97 Å². The highest BCUT2D eigenvalue weighted by Crippen LogP contribution is 2.35. The summed E-state index contributed by atoms with van der Waals surface area (Å²) in [6.07, 6.45) is 0.681. The first-order valence-electron chi connectivity index (χ1n) is 4.60. The van der Waals surface area contributed by atoms with Crippen molar-refractivity contribution < 1.29 is 5.11 Å². The Balaban J connectivity index is 2.82. The smallest absolute Gasteiger partial charge is 0.125 e. The number of hydrogen-bond acceptors (Lipinski definition) is 4. The summed E-state index contributed by atoms with van der Waals surface area (Å²) in [6.45, 7) is 0.523. The minimum Gasteiger partial charge on any atom is -0.507 e. The summed E-state index contributed by atoms with van der Waals surface area (Å²) >= 11 is 8.68. The van der Waals surface area contributed by atoms with Crippen molar-refractivity contribution in [2.75, 3.05) is 6.54 Å². The summed E-state index contributed by atoms with van der Waals surface area (Å²) in [5.74, 6) is 0.249. The average molecular weight is 240 g/mol. The van der Waals surface area contributed by atoms with Crippen LogP contribution in [0.5, 0.6) is 5.75 Å². The molecule has 0 aliphatic carbocycles. The zero-order valence-electron chi connectivity index (χ0n) is 8.01. The van der Waals surface area contributed by atoms with Crippen LogP contribution >= 0.6 is 25.4 Å². The molecule has 0 unspecified atom stereocenters. The van der Waals surface area contributed by atoms with E-state index in [1.165, 1.54) is 0 Å². The molecule has 1 heterocycles. The number of hydrogen-bond donors (Lipinski definition) is 4. The maximum Gasteiger partial charge on any atom is 0.125 e. The second kappa shape index (κ2) is 4.00. The van der Waals surface area contributed by atoms with Gasteiger partial charge in [-0.2, -0.15) is 0 Å². The molecule has 0 aliphatic heterocycles. The van der Waals surface area contributed by atoms with Gasteiger partial charge in [-0.25, -0.2) is 0 Å². The van der Waals surface area contributed by atoms with E-state index in [4.69, 9.17) is 5.73 Å². The van der Waals surface area contributed by atoms with E-state index in [2.05, 4.69) is 25.4 Å². The predicted octanol–water partition coefficient (Wildman–Crippen LogP) is 1.83. The molecule has 0 atom stereocenters. The van der Waals surface area contributed by atoms with Gasteiger partial charge in [-0.15, -0.1) is 12.6 Å². The summed E-state index contributed by atoms with van der Waals surface area (Å²) in [5.41, 5.74) is 7.33. The molecular weight excluding hydrogens is 228 g/mol. The van der Waals surface area contributed by atoms with E-state index in [0.29, 0.717) is 13.0 Å². The van der Waals surface area contributed by atoms with Crippen molar-refractivity contribution in [1.82, 2.24) is 3.97 Å². The van der Waals surface area contributed by atoms with Crippen LogP contribution < -0.4 is 5.73 Å². The third kappa shape index (κ3) is 1.60. The van der Waals surface area contributed by atoms with Crippen LogP contribution in [0.25, 0.3) is 10.9 Å². The molecule has 1 aromatic carbocycles. The van der Waals surface area contributed by atoms with Gasteiger partial charge in [0.05, 0.1) is 10.5 Å². The average Bonchev–Trinajstić information content (AvgIpc) is 2.46. The molecule has 5 heteroatoms. The number of aromatic hydroxyl groups is 1. The van der Waals surface area contributed by atoms with Crippen LogP contribution in [0.15, 0.2) is 23.2 Å². The number of benzene rings is 1. The number of aromatic nitrogens is 1. The molecule has 0 fully saturated rings. The molecule has 0 radical (unpaired) electrons. The molecular formula is C10H12N2OS2. The predicted molar refractivity (Wildman–Crippen MR) is 68.0 cm³/mol. The van der Waals surface area contributed by atoms with E-state index in [1.807, 2.05) is 6.07 Å². The van der Waals surface area contributed by atoms with Crippen molar-refractivity contribution in [3.8, 4) is 5.75 Å². The fourth-order valence-electron chi connectivity index (χ4n) is 1.75. The molecule has 3 nitrogen and oxygen atoms in total. The zero-order chi connectivity index (χ0) is 11.0. The molecule has 2 rings (SSSR count). The molecule has 80 valence electrons. The number of thiol groups is 2. The quantitative estimate of drug-likeness (QED) is 0.605. The highest BCUT2D eigenvalue weighted by molar-refractivity contribution is 7.82. The fourth-order valence-corrected chi connectivity index (χ4v) is 2.37. The lowest BCUT2D eigenvalue weighted by atomic mass is 10.1. The van der Waals surface area contributed by atoms with E-state index < -0.39 is 0 Å². The molecule has 0 saturated carbocycles. The summed E-state index contributed by atoms with van der Waals surface area (Å²) in [4.78, 5) is 0. The number of fused-ring (bicyclic) bond motifs is 1. The van der Waals surface area contributed by atoms with E-state index in [0.717, 1.165) is 21.5 Å². The second-order valence-electron chi connectivity index (χ2n) is 3.32. The second-order valence-corrected chi connectivity index (χ2v) is 4.15. The van der Waals surface area contributed by atoms with Crippen molar-refractivity contribution in [1.29, 1.82) is 0 Å². The first kappa shape index (κ1) is 10.7. The monoisotopic (exact) mass is 240 g/mol. The minimum atomic E-state index is 0.249. The van der Waals surface area contributed by atoms with E-state index >= 15 is 0 Å². The molecule has 3 N–H and O–H groups in total. The fraction of sp³-hybridized carbons (Fsp3) is 0.200. The van der Waals surface area contributed by atoms with Crippen LogP contribution in [0.2, 0.25) is 0 Å². The summed E-state index contributed by atoms with van der Waals surface area (Å²) in [7, 11) is 0. The van der Waals surface area contributed by atoms with Gasteiger partial charge >= 0.3 is 0 Å². The molecule has 0 saturated heterocycles. The van der Waals surface area contributed by atoms with Gasteiger partial charge in [0, 0.05) is 5.39 Å². The van der Waals surface area contributed by atoms with Crippen LogP contribution in [-0.2, 0) is 6.42 Å². The van der Waals surface area contributed by atoms with Crippen LogP contribution in [0.4, 0.5) is 0 Å². The Morgan fingerprint density at radius 3 is 2.80 bits per heavy atom.